The summed E-state index contributed by atoms with van der Waals surface area (Å²) in [6.45, 7) is 1.70. The van der Waals surface area contributed by atoms with E-state index in [-0.39, 0.29) is 17.6 Å². The Morgan fingerprint density at radius 1 is 1.12 bits per heavy atom. The van der Waals surface area contributed by atoms with E-state index in [1.165, 1.54) is 4.90 Å². The van der Waals surface area contributed by atoms with Crippen molar-refractivity contribution in [2.75, 3.05) is 4.90 Å². The minimum Gasteiger partial charge on any atom is -0.508 e. The number of anilines is 1. The minimum atomic E-state index is -0.179. The van der Waals surface area contributed by atoms with Crippen LogP contribution in [-0.4, -0.2) is 16.9 Å². The summed E-state index contributed by atoms with van der Waals surface area (Å²) in [4.78, 5) is 25.0. The van der Waals surface area contributed by atoms with Crippen molar-refractivity contribution in [3.05, 3.63) is 23.8 Å². The standard InChI is InChI=1S/C13H15NO3/c1-9-10(5-4-6-11(9)15)14-12(16)7-2-3-8-13(14)17/h4-6,15H,2-3,7-8H2,1H3. The topological polar surface area (TPSA) is 57.6 Å². The van der Waals surface area contributed by atoms with E-state index in [0.717, 1.165) is 12.8 Å². The number of phenols is 1. The highest BCUT2D eigenvalue weighted by Crippen LogP contribution is 2.30. The molecule has 1 N–H and O–H groups in total. The van der Waals surface area contributed by atoms with Crippen molar-refractivity contribution in [3.63, 3.8) is 0 Å². The zero-order valence-corrected chi connectivity index (χ0v) is 9.77. The average Bonchev–Trinajstić information content (AvgIpc) is 2.45. The molecule has 1 saturated heterocycles. The molecule has 0 bridgehead atoms. The highest BCUT2D eigenvalue weighted by molar-refractivity contribution is 6.15. The van der Waals surface area contributed by atoms with Gasteiger partial charge in [-0.1, -0.05) is 6.07 Å². The van der Waals surface area contributed by atoms with Crippen LogP contribution in [0, 0.1) is 6.92 Å². The van der Waals surface area contributed by atoms with Gasteiger partial charge in [0.2, 0.25) is 11.8 Å². The summed E-state index contributed by atoms with van der Waals surface area (Å²) in [7, 11) is 0. The van der Waals surface area contributed by atoms with Crippen LogP contribution in [-0.2, 0) is 9.59 Å². The lowest BCUT2D eigenvalue weighted by molar-refractivity contribution is -0.125. The molecule has 0 unspecified atom stereocenters. The Hall–Kier alpha value is -1.84. The predicted octanol–water partition coefficient (Wildman–Crippen LogP) is 2.13. The smallest absolute Gasteiger partial charge is 0.233 e. The third-order valence-electron chi connectivity index (χ3n) is 3.05. The van der Waals surface area contributed by atoms with Crippen LogP contribution in [0.15, 0.2) is 18.2 Å². The Kier molecular flexibility index (Phi) is 3.13. The van der Waals surface area contributed by atoms with Gasteiger partial charge in [-0.05, 0) is 31.9 Å². The summed E-state index contributed by atoms with van der Waals surface area (Å²) in [5, 5.41) is 9.62. The Morgan fingerprint density at radius 2 is 1.71 bits per heavy atom. The highest BCUT2D eigenvalue weighted by Gasteiger charge is 2.27. The molecule has 0 saturated carbocycles. The maximum atomic E-state index is 11.9. The van der Waals surface area contributed by atoms with Crippen molar-refractivity contribution >= 4 is 17.5 Å². The van der Waals surface area contributed by atoms with Crippen LogP contribution in [0.3, 0.4) is 0 Å². The molecule has 1 fully saturated rings. The van der Waals surface area contributed by atoms with Crippen molar-refractivity contribution in [2.24, 2.45) is 0 Å². The molecule has 0 aromatic heterocycles. The molecule has 2 amide bonds. The molecule has 1 aliphatic heterocycles. The van der Waals surface area contributed by atoms with E-state index in [4.69, 9.17) is 0 Å². The number of carbonyl (C=O) groups is 2. The van der Waals surface area contributed by atoms with E-state index in [1.807, 2.05) is 0 Å². The molecule has 4 heteroatoms. The molecule has 0 atom stereocenters. The van der Waals surface area contributed by atoms with Crippen LogP contribution in [0.4, 0.5) is 5.69 Å². The first-order chi connectivity index (χ1) is 8.11. The molecule has 2 rings (SSSR count). The summed E-state index contributed by atoms with van der Waals surface area (Å²) in [5.74, 6) is -0.255. The highest BCUT2D eigenvalue weighted by atomic mass is 16.3. The van der Waals surface area contributed by atoms with Crippen LogP contribution in [0.5, 0.6) is 5.75 Å². The Bertz CT molecular complexity index is 450. The summed E-state index contributed by atoms with van der Waals surface area (Å²) < 4.78 is 0. The van der Waals surface area contributed by atoms with Crippen molar-refractivity contribution in [1.82, 2.24) is 0 Å². The number of carbonyl (C=O) groups excluding carboxylic acids is 2. The number of imide groups is 1. The third-order valence-corrected chi connectivity index (χ3v) is 3.05. The largest absolute Gasteiger partial charge is 0.508 e. The van der Waals surface area contributed by atoms with Crippen LogP contribution in [0.1, 0.15) is 31.2 Å². The van der Waals surface area contributed by atoms with Crippen molar-refractivity contribution in [1.29, 1.82) is 0 Å². The maximum absolute atomic E-state index is 11.9. The molecule has 90 valence electrons. The lowest BCUT2D eigenvalue weighted by Crippen LogP contribution is -2.35. The Morgan fingerprint density at radius 3 is 2.29 bits per heavy atom. The zero-order chi connectivity index (χ0) is 12.4. The maximum Gasteiger partial charge on any atom is 0.233 e. The normalized spacial score (nSPS) is 17.1. The SMILES string of the molecule is Cc1c(O)cccc1N1C(=O)CCCCC1=O. The molecule has 1 aliphatic rings. The van der Waals surface area contributed by atoms with E-state index in [2.05, 4.69) is 0 Å². The number of nitrogens with zero attached hydrogens (tertiary/aromatic N) is 1. The van der Waals surface area contributed by atoms with Crippen molar-refractivity contribution < 1.29 is 14.7 Å². The van der Waals surface area contributed by atoms with Gasteiger partial charge < -0.3 is 5.11 Å². The fourth-order valence-electron chi connectivity index (χ4n) is 2.04. The second-order valence-electron chi connectivity index (χ2n) is 4.25. The van der Waals surface area contributed by atoms with Crippen molar-refractivity contribution in [3.8, 4) is 5.75 Å². The summed E-state index contributed by atoms with van der Waals surface area (Å²) in [5.41, 5.74) is 1.07. The van der Waals surface area contributed by atoms with Gasteiger partial charge in [0.15, 0.2) is 0 Å². The molecular weight excluding hydrogens is 218 g/mol. The van der Waals surface area contributed by atoms with Crippen LogP contribution in [0.25, 0.3) is 0 Å². The third kappa shape index (κ3) is 2.16. The van der Waals surface area contributed by atoms with Crippen LogP contribution < -0.4 is 4.90 Å². The van der Waals surface area contributed by atoms with E-state index < -0.39 is 0 Å². The van der Waals surface area contributed by atoms with Crippen LogP contribution in [0.2, 0.25) is 0 Å². The Balaban J connectivity index is 2.45. The fourth-order valence-corrected chi connectivity index (χ4v) is 2.04. The molecule has 0 radical (unpaired) electrons. The summed E-state index contributed by atoms with van der Waals surface area (Å²) in [6.07, 6.45) is 2.28. The number of benzene rings is 1. The van der Waals surface area contributed by atoms with Gasteiger partial charge in [-0.15, -0.1) is 0 Å². The lowest BCUT2D eigenvalue weighted by atomic mass is 10.1. The first-order valence-corrected chi connectivity index (χ1v) is 5.75. The molecular formula is C13H15NO3. The first kappa shape index (κ1) is 11.6. The number of aromatic hydroxyl groups is 1. The van der Waals surface area contributed by atoms with Gasteiger partial charge in [-0.2, -0.15) is 0 Å². The average molecular weight is 233 g/mol. The quantitative estimate of drug-likeness (QED) is 0.756. The van der Waals surface area contributed by atoms with Gasteiger partial charge in [0.25, 0.3) is 0 Å². The number of phenolic OH excluding ortho intramolecular Hbond substituents is 1. The number of amides is 2. The lowest BCUT2D eigenvalue weighted by Gasteiger charge is -2.21. The second kappa shape index (κ2) is 4.57. The molecule has 17 heavy (non-hydrogen) atoms. The van der Waals surface area contributed by atoms with E-state index >= 15 is 0 Å². The van der Waals surface area contributed by atoms with Gasteiger partial charge >= 0.3 is 0 Å². The van der Waals surface area contributed by atoms with E-state index in [1.54, 1.807) is 25.1 Å². The first-order valence-electron chi connectivity index (χ1n) is 5.75. The van der Waals surface area contributed by atoms with Gasteiger partial charge in [0, 0.05) is 18.4 Å². The number of hydrogen-bond donors (Lipinski definition) is 1. The van der Waals surface area contributed by atoms with Gasteiger partial charge in [0.1, 0.15) is 5.75 Å². The summed E-state index contributed by atoms with van der Waals surface area (Å²) >= 11 is 0. The molecule has 1 aromatic rings. The fraction of sp³-hybridized carbons (Fsp3) is 0.385. The zero-order valence-electron chi connectivity index (χ0n) is 9.77. The predicted molar refractivity (Wildman–Crippen MR) is 63.8 cm³/mol. The van der Waals surface area contributed by atoms with E-state index in [0.29, 0.717) is 24.1 Å². The molecule has 1 aromatic carbocycles. The molecule has 0 aliphatic carbocycles. The summed E-state index contributed by atoms with van der Waals surface area (Å²) in [6, 6.07) is 4.88. The second-order valence-corrected chi connectivity index (χ2v) is 4.25. The minimum absolute atomic E-state index is 0.104. The van der Waals surface area contributed by atoms with Gasteiger partial charge in [-0.25, -0.2) is 0 Å². The Labute approximate surface area is 99.9 Å². The number of hydrogen-bond acceptors (Lipinski definition) is 3. The monoisotopic (exact) mass is 233 g/mol. The molecule has 0 spiro atoms. The van der Waals surface area contributed by atoms with Crippen LogP contribution >= 0.6 is 0 Å². The number of rotatable bonds is 1. The molecule has 4 nitrogen and oxygen atoms in total. The van der Waals surface area contributed by atoms with Crippen molar-refractivity contribution in [2.45, 2.75) is 32.6 Å². The van der Waals surface area contributed by atoms with Gasteiger partial charge in [-0.3, -0.25) is 14.5 Å². The molecule has 1 heterocycles. The van der Waals surface area contributed by atoms with Gasteiger partial charge in [0.05, 0.1) is 5.69 Å². The van der Waals surface area contributed by atoms with E-state index in [9.17, 15) is 14.7 Å².